The highest BCUT2D eigenvalue weighted by Gasteiger charge is 2.38. The summed E-state index contributed by atoms with van der Waals surface area (Å²) in [6.07, 6.45) is 5.85. The first kappa shape index (κ1) is 14.2. The molecule has 1 rings (SSSR count). The molecule has 3 nitrogen and oxygen atoms in total. The van der Waals surface area contributed by atoms with Gasteiger partial charge < -0.3 is 4.74 Å². The Labute approximate surface area is 104 Å². The molecule has 17 heavy (non-hydrogen) atoms. The van der Waals surface area contributed by atoms with Crippen molar-refractivity contribution in [1.29, 1.82) is 0 Å². The number of ketones is 1. The number of rotatable bonds is 6. The molecule has 98 valence electrons. The molecule has 0 spiro atoms. The topological polar surface area (TPSA) is 43.4 Å². The van der Waals surface area contributed by atoms with Crippen LogP contribution in [0.2, 0.25) is 0 Å². The fourth-order valence-electron chi connectivity index (χ4n) is 2.89. The van der Waals surface area contributed by atoms with Crippen LogP contribution in [-0.2, 0) is 14.3 Å². The first-order chi connectivity index (χ1) is 8.15. The standard InChI is InChI=1S/C14H24O3/c1-4-10(5-2)12(14(16)17-3)13(15)11-8-6-7-9-11/h10-12H,4-9H2,1-3H3. The van der Waals surface area contributed by atoms with Crippen LogP contribution in [0.5, 0.6) is 0 Å². The third-order valence-electron chi connectivity index (χ3n) is 4.04. The Hall–Kier alpha value is -0.860. The SMILES string of the molecule is CCC(CC)C(C(=O)OC)C(=O)C1CCCC1. The minimum atomic E-state index is -0.530. The molecule has 1 unspecified atom stereocenters. The fourth-order valence-corrected chi connectivity index (χ4v) is 2.89. The maximum absolute atomic E-state index is 12.4. The van der Waals surface area contributed by atoms with E-state index >= 15 is 0 Å². The van der Waals surface area contributed by atoms with Crippen molar-refractivity contribution >= 4 is 11.8 Å². The van der Waals surface area contributed by atoms with Gasteiger partial charge in [0.15, 0.2) is 0 Å². The third-order valence-corrected chi connectivity index (χ3v) is 4.04. The van der Waals surface area contributed by atoms with Crippen LogP contribution in [-0.4, -0.2) is 18.9 Å². The average molecular weight is 240 g/mol. The van der Waals surface area contributed by atoms with Gasteiger partial charge in [-0.15, -0.1) is 0 Å². The fraction of sp³-hybridized carbons (Fsp3) is 0.857. The summed E-state index contributed by atoms with van der Waals surface area (Å²) in [6.45, 7) is 4.07. The third kappa shape index (κ3) is 3.30. The molecule has 1 fully saturated rings. The van der Waals surface area contributed by atoms with Crippen LogP contribution in [0, 0.1) is 17.8 Å². The zero-order valence-corrected chi connectivity index (χ0v) is 11.2. The van der Waals surface area contributed by atoms with Gasteiger partial charge in [-0.1, -0.05) is 39.5 Å². The van der Waals surface area contributed by atoms with Gasteiger partial charge in [-0.2, -0.15) is 0 Å². The summed E-state index contributed by atoms with van der Waals surface area (Å²) in [7, 11) is 1.37. The molecule has 1 saturated carbocycles. The van der Waals surface area contributed by atoms with Crippen LogP contribution in [0.3, 0.4) is 0 Å². The van der Waals surface area contributed by atoms with Crippen molar-refractivity contribution in [2.45, 2.75) is 52.4 Å². The van der Waals surface area contributed by atoms with E-state index in [2.05, 4.69) is 0 Å². The Kier molecular flexibility index (Phi) is 5.66. The summed E-state index contributed by atoms with van der Waals surface area (Å²) in [4.78, 5) is 24.2. The van der Waals surface area contributed by atoms with E-state index in [1.807, 2.05) is 13.8 Å². The van der Waals surface area contributed by atoms with Gasteiger partial charge in [0, 0.05) is 5.92 Å². The summed E-state index contributed by atoms with van der Waals surface area (Å²) in [5.41, 5.74) is 0. The molecule has 0 aliphatic heterocycles. The van der Waals surface area contributed by atoms with Crippen molar-refractivity contribution in [2.24, 2.45) is 17.8 Å². The highest BCUT2D eigenvalue weighted by Crippen LogP contribution is 2.32. The van der Waals surface area contributed by atoms with E-state index in [9.17, 15) is 9.59 Å². The van der Waals surface area contributed by atoms with E-state index < -0.39 is 5.92 Å². The Morgan fingerprint density at radius 3 is 2.12 bits per heavy atom. The minimum absolute atomic E-state index is 0.0969. The number of esters is 1. The van der Waals surface area contributed by atoms with Crippen LogP contribution < -0.4 is 0 Å². The van der Waals surface area contributed by atoms with Crippen LogP contribution >= 0.6 is 0 Å². The predicted octanol–water partition coefficient (Wildman–Crippen LogP) is 2.97. The van der Waals surface area contributed by atoms with E-state index in [0.717, 1.165) is 38.5 Å². The number of ether oxygens (including phenoxy) is 1. The maximum Gasteiger partial charge on any atom is 0.316 e. The summed E-state index contributed by atoms with van der Waals surface area (Å²) in [6, 6.07) is 0. The van der Waals surface area contributed by atoms with Gasteiger partial charge in [-0.05, 0) is 18.8 Å². The minimum Gasteiger partial charge on any atom is -0.468 e. The number of carbonyl (C=O) groups excluding carboxylic acids is 2. The number of carbonyl (C=O) groups is 2. The quantitative estimate of drug-likeness (QED) is 0.529. The van der Waals surface area contributed by atoms with Crippen molar-refractivity contribution in [3.8, 4) is 0 Å². The lowest BCUT2D eigenvalue weighted by molar-refractivity contribution is -0.153. The van der Waals surface area contributed by atoms with Crippen molar-refractivity contribution in [2.75, 3.05) is 7.11 Å². The Morgan fingerprint density at radius 1 is 1.18 bits per heavy atom. The van der Waals surface area contributed by atoms with Gasteiger partial charge in [0.05, 0.1) is 7.11 Å². The van der Waals surface area contributed by atoms with E-state index in [4.69, 9.17) is 4.74 Å². The highest BCUT2D eigenvalue weighted by molar-refractivity contribution is 6.00. The number of methoxy groups -OCH3 is 1. The van der Waals surface area contributed by atoms with E-state index in [1.165, 1.54) is 7.11 Å². The van der Waals surface area contributed by atoms with Gasteiger partial charge in [-0.3, -0.25) is 9.59 Å². The molecule has 3 heteroatoms. The number of hydrogen-bond acceptors (Lipinski definition) is 3. The summed E-state index contributed by atoms with van der Waals surface area (Å²) >= 11 is 0. The second-order valence-electron chi connectivity index (χ2n) is 4.96. The van der Waals surface area contributed by atoms with Crippen molar-refractivity contribution in [3.63, 3.8) is 0 Å². The van der Waals surface area contributed by atoms with E-state index in [1.54, 1.807) is 0 Å². The van der Waals surface area contributed by atoms with Gasteiger partial charge in [-0.25, -0.2) is 0 Å². The first-order valence-corrected chi connectivity index (χ1v) is 6.77. The summed E-state index contributed by atoms with van der Waals surface area (Å²) < 4.78 is 4.82. The molecule has 0 aromatic heterocycles. The van der Waals surface area contributed by atoms with Gasteiger partial charge >= 0.3 is 5.97 Å². The zero-order valence-electron chi connectivity index (χ0n) is 11.2. The molecule has 0 saturated heterocycles. The largest absolute Gasteiger partial charge is 0.468 e. The predicted molar refractivity (Wildman–Crippen MR) is 66.5 cm³/mol. The van der Waals surface area contributed by atoms with Crippen molar-refractivity contribution in [3.05, 3.63) is 0 Å². The monoisotopic (exact) mass is 240 g/mol. The lowest BCUT2D eigenvalue weighted by Crippen LogP contribution is -2.35. The van der Waals surface area contributed by atoms with Crippen LogP contribution in [0.15, 0.2) is 0 Å². The molecule has 0 radical (unpaired) electrons. The van der Waals surface area contributed by atoms with Crippen LogP contribution in [0.25, 0.3) is 0 Å². The van der Waals surface area contributed by atoms with Crippen LogP contribution in [0.4, 0.5) is 0 Å². The second-order valence-corrected chi connectivity index (χ2v) is 4.96. The number of hydrogen-bond donors (Lipinski definition) is 0. The molecule has 0 N–H and O–H groups in total. The molecule has 0 bridgehead atoms. The van der Waals surface area contributed by atoms with Gasteiger partial charge in [0.2, 0.25) is 0 Å². The Morgan fingerprint density at radius 2 is 1.71 bits per heavy atom. The van der Waals surface area contributed by atoms with Crippen molar-refractivity contribution < 1.29 is 14.3 Å². The Bertz CT molecular complexity index is 263. The van der Waals surface area contributed by atoms with Gasteiger partial charge in [0.25, 0.3) is 0 Å². The van der Waals surface area contributed by atoms with E-state index in [-0.39, 0.29) is 23.6 Å². The van der Waals surface area contributed by atoms with Crippen LogP contribution in [0.1, 0.15) is 52.4 Å². The zero-order chi connectivity index (χ0) is 12.8. The molecule has 0 aromatic rings. The first-order valence-electron chi connectivity index (χ1n) is 6.77. The lowest BCUT2D eigenvalue weighted by atomic mass is 9.80. The number of Topliss-reactive ketones (excluding diaryl/α,β-unsaturated/α-hetero) is 1. The molecular weight excluding hydrogens is 216 g/mol. The molecule has 1 aliphatic rings. The smallest absolute Gasteiger partial charge is 0.316 e. The lowest BCUT2D eigenvalue weighted by Gasteiger charge is -2.24. The summed E-state index contributed by atoms with van der Waals surface area (Å²) in [5, 5.41) is 0. The second kappa shape index (κ2) is 6.77. The normalized spacial score (nSPS) is 18.4. The van der Waals surface area contributed by atoms with Crippen molar-refractivity contribution in [1.82, 2.24) is 0 Å². The molecule has 0 amide bonds. The van der Waals surface area contributed by atoms with Gasteiger partial charge in [0.1, 0.15) is 11.7 Å². The molecular formula is C14H24O3. The molecule has 1 atom stereocenters. The summed E-state index contributed by atoms with van der Waals surface area (Å²) in [5.74, 6) is -0.507. The molecule has 0 aromatic carbocycles. The Balaban J connectivity index is 2.80. The molecule has 1 aliphatic carbocycles. The molecule has 0 heterocycles. The maximum atomic E-state index is 12.4. The highest BCUT2D eigenvalue weighted by atomic mass is 16.5. The van der Waals surface area contributed by atoms with E-state index in [0.29, 0.717) is 0 Å². The average Bonchev–Trinajstić information content (AvgIpc) is 2.88.